The zero-order valence-corrected chi connectivity index (χ0v) is 19.4. The molecule has 1 saturated heterocycles. The average molecular weight is 446 g/mol. The van der Waals surface area contributed by atoms with Crippen LogP contribution in [-0.2, 0) is 21.3 Å². The quantitative estimate of drug-likeness (QED) is 0.707. The van der Waals surface area contributed by atoms with Gasteiger partial charge in [-0.2, -0.15) is 0 Å². The molecule has 0 aliphatic carbocycles. The highest BCUT2D eigenvalue weighted by atomic mass is 32.2. The second-order valence-electron chi connectivity index (χ2n) is 9.01. The van der Waals surface area contributed by atoms with Crippen molar-refractivity contribution in [2.24, 2.45) is 0 Å². The number of aromatic nitrogens is 1. The molecule has 1 aromatic heterocycles. The number of aryl methyl sites for hydroxylation is 1. The van der Waals surface area contributed by atoms with Crippen LogP contribution in [-0.4, -0.2) is 49.0 Å². The van der Waals surface area contributed by atoms with Gasteiger partial charge >= 0.3 is 0 Å². The van der Waals surface area contributed by atoms with E-state index in [9.17, 15) is 13.2 Å². The molecular formula is C23H31N3O4S. The van der Waals surface area contributed by atoms with Gasteiger partial charge in [-0.25, -0.2) is 13.1 Å². The van der Waals surface area contributed by atoms with E-state index >= 15 is 0 Å². The summed E-state index contributed by atoms with van der Waals surface area (Å²) in [7, 11) is -3.75. The number of nitrogens with one attached hydrogen (secondary N) is 1. The van der Waals surface area contributed by atoms with E-state index in [-0.39, 0.29) is 16.9 Å². The third-order valence-electron chi connectivity index (χ3n) is 5.02. The zero-order chi connectivity index (χ0) is 22.6. The highest BCUT2D eigenvalue weighted by Crippen LogP contribution is 2.22. The lowest BCUT2D eigenvalue weighted by molar-refractivity contribution is 0.0506. The summed E-state index contributed by atoms with van der Waals surface area (Å²) in [5, 5.41) is 0. The third kappa shape index (κ3) is 6.35. The van der Waals surface area contributed by atoms with Gasteiger partial charge in [0.15, 0.2) is 0 Å². The van der Waals surface area contributed by atoms with Gasteiger partial charge in [0.1, 0.15) is 0 Å². The van der Waals surface area contributed by atoms with Crippen LogP contribution < -0.4 is 4.72 Å². The van der Waals surface area contributed by atoms with Crippen LogP contribution in [0, 0.1) is 6.92 Å². The van der Waals surface area contributed by atoms with Gasteiger partial charge < -0.3 is 9.64 Å². The highest BCUT2D eigenvalue weighted by Gasteiger charge is 2.27. The highest BCUT2D eigenvalue weighted by molar-refractivity contribution is 7.89. The number of hydrogen-bond donors (Lipinski definition) is 1. The maximum absolute atomic E-state index is 13.6. The van der Waals surface area contributed by atoms with Crippen molar-refractivity contribution < 1.29 is 17.9 Å². The summed E-state index contributed by atoms with van der Waals surface area (Å²) in [6.45, 7) is 8.68. The largest absolute Gasteiger partial charge is 0.376 e. The van der Waals surface area contributed by atoms with Crippen molar-refractivity contribution in [1.29, 1.82) is 0 Å². The minimum absolute atomic E-state index is 0.0181. The van der Waals surface area contributed by atoms with Crippen LogP contribution >= 0.6 is 0 Å². The van der Waals surface area contributed by atoms with Crippen molar-refractivity contribution in [3.63, 3.8) is 0 Å². The van der Waals surface area contributed by atoms with Crippen LogP contribution in [0.3, 0.4) is 0 Å². The number of benzene rings is 1. The van der Waals surface area contributed by atoms with E-state index in [4.69, 9.17) is 4.74 Å². The summed E-state index contributed by atoms with van der Waals surface area (Å²) in [6, 6.07) is 8.44. The van der Waals surface area contributed by atoms with Gasteiger partial charge in [0.2, 0.25) is 10.0 Å². The maximum Gasteiger partial charge on any atom is 0.254 e. The number of nitrogens with zero attached hydrogens (tertiary/aromatic N) is 2. The molecule has 168 valence electrons. The Morgan fingerprint density at radius 3 is 2.68 bits per heavy atom. The molecule has 0 spiro atoms. The molecule has 0 saturated carbocycles. The van der Waals surface area contributed by atoms with Crippen LogP contribution in [0.1, 0.15) is 55.1 Å². The predicted octanol–water partition coefficient (Wildman–Crippen LogP) is 3.29. The lowest BCUT2D eigenvalue weighted by Crippen LogP contribution is -2.40. The van der Waals surface area contributed by atoms with E-state index in [1.165, 1.54) is 12.1 Å². The van der Waals surface area contributed by atoms with Crippen LogP contribution in [0.4, 0.5) is 0 Å². The average Bonchev–Trinajstić information content (AvgIpc) is 3.19. The molecule has 1 N–H and O–H groups in total. The number of carbonyl (C=O) groups excluding carboxylic acids is 1. The Morgan fingerprint density at radius 1 is 1.29 bits per heavy atom. The molecule has 1 aliphatic heterocycles. The van der Waals surface area contributed by atoms with Crippen LogP contribution in [0.15, 0.2) is 47.6 Å². The first-order valence-corrected chi connectivity index (χ1v) is 12.0. The van der Waals surface area contributed by atoms with E-state index in [0.29, 0.717) is 25.3 Å². The number of sulfonamides is 1. The minimum Gasteiger partial charge on any atom is -0.376 e. The van der Waals surface area contributed by atoms with E-state index in [1.54, 1.807) is 44.1 Å². The zero-order valence-electron chi connectivity index (χ0n) is 18.6. The predicted molar refractivity (Wildman–Crippen MR) is 119 cm³/mol. The Morgan fingerprint density at radius 2 is 2.06 bits per heavy atom. The van der Waals surface area contributed by atoms with E-state index in [2.05, 4.69) is 9.71 Å². The fourth-order valence-electron chi connectivity index (χ4n) is 3.60. The number of hydrogen-bond acceptors (Lipinski definition) is 5. The molecule has 1 atom stereocenters. The van der Waals surface area contributed by atoms with Crippen molar-refractivity contribution >= 4 is 15.9 Å². The monoisotopic (exact) mass is 445 g/mol. The summed E-state index contributed by atoms with van der Waals surface area (Å²) in [5.74, 6) is -0.218. The summed E-state index contributed by atoms with van der Waals surface area (Å²) in [6.07, 6.45) is 5.29. The molecule has 1 unspecified atom stereocenters. The standard InChI is InChI=1S/C23H31N3O4S/c1-17-9-10-20(31(28,29)25-23(2,3)4)13-21(17)22(27)26(16-19-8-6-12-30-19)15-18-7-5-11-24-14-18/h5,7,9-11,13-14,19,25H,6,8,12,15-16H2,1-4H3. The molecule has 0 radical (unpaired) electrons. The van der Waals surface area contributed by atoms with Crippen molar-refractivity contribution in [3.05, 3.63) is 59.4 Å². The molecule has 1 amide bonds. The van der Waals surface area contributed by atoms with Gasteiger partial charge in [0, 0.05) is 43.2 Å². The number of rotatable bonds is 7. The van der Waals surface area contributed by atoms with E-state index < -0.39 is 15.6 Å². The number of pyridine rings is 1. The Kier molecular flexibility index (Phi) is 7.13. The lowest BCUT2D eigenvalue weighted by Gasteiger charge is -2.27. The second-order valence-corrected chi connectivity index (χ2v) is 10.7. The first-order chi connectivity index (χ1) is 14.5. The minimum atomic E-state index is -3.75. The van der Waals surface area contributed by atoms with Crippen LogP contribution in [0.5, 0.6) is 0 Å². The van der Waals surface area contributed by atoms with Gasteiger partial charge in [-0.05, 0) is 69.9 Å². The smallest absolute Gasteiger partial charge is 0.254 e. The molecule has 0 bridgehead atoms. The fourth-order valence-corrected chi connectivity index (χ4v) is 5.04. The molecule has 31 heavy (non-hydrogen) atoms. The summed E-state index contributed by atoms with van der Waals surface area (Å²) >= 11 is 0. The Labute approximate surface area is 184 Å². The molecular weight excluding hydrogens is 414 g/mol. The van der Waals surface area contributed by atoms with E-state index in [0.717, 1.165) is 24.0 Å². The number of carbonyl (C=O) groups is 1. The van der Waals surface area contributed by atoms with Gasteiger partial charge in [0.05, 0.1) is 11.0 Å². The topological polar surface area (TPSA) is 88.6 Å². The first-order valence-electron chi connectivity index (χ1n) is 10.5. The van der Waals surface area contributed by atoms with Crippen LogP contribution in [0.2, 0.25) is 0 Å². The summed E-state index contributed by atoms with van der Waals surface area (Å²) in [4.78, 5) is 19.5. The summed E-state index contributed by atoms with van der Waals surface area (Å²) < 4.78 is 34.0. The molecule has 1 fully saturated rings. The Bertz CT molecular complexity index is 1010. The van der Waals surface area contributed by atoms with Crippen molar-refractivity contribution in [2.75, 3.05) is 13.2 Å². The van der Waals surface area contributed by atoms with Gasteiger partial charge in [0.25, 0.3) is 5.91 Å². The molecule has 8 heteroatoms. The number of amides is 1. The third-order valence-corrected chi connectivity index (χ3v) is 6.78. The molecule has 1 aliphatic rings. The SMILES string of the molecule is Cc1ccc(S(=O)(=O)NC(C)(C)C)cc1C(=O)N(Cc1cccnc1)CC1CCCO1. The fraction of sp³-hybridized carbons (Fsp3) is 0.478. The Balaban J connectivity index is 1.92. The van der Waals surface area contributed by atoms with E-state index in [1.807, 2.05) is 19.1 Å². The Hall–Kier alpha value is -2.29. The molecule has 2 heterocycles. The van der Waals surface area contributed by atoms with Crippen LogP contribution in [0.25, 0.3) is 0 Å². The molecule has 7 nitrogen and oxygen atoms in total. The second kappa shape index (κ2) is 9.46. The van der Waals surface area contributed by atoms with Crippen molar-refractivity contribution in [1.82, 2.24) is 14.6 Å². The number of ether oxygens (including phenoxy) is 1. The summed E-state index contributed by atoms with van der Waals surface area (Å²) in [5.41, 5.74) is 1.38. The molecule has 3 rings (SSSR count). The normalized spacial score (nSPS) is 17.0. The first kappa shape index (κ1) is 23.4. The van der Waals surface area contributed by atoms with Gasteiger partial charge in [-0.15, -0.1) is 0 Å². The van der Waals surface area contributed by atoms with Gasteiger partial charge in [-0.1, -0.05) is 12.1 Å². The lowest BCUT2D eigenvalue weighted by atomic mass is 10.1. The molecule has 1 aromatic carbocycles. The maximum atomic E-state index is 13.6. The van der Waals surface area contributed by atoms with Crippen molar-refractivity contribution in [3.8, 4) is 0 Å². The molecule has 2 aromatic rings. The van der Waals surface area contributed by atoms with Gasteiger partial charge in [-0.3, -0.25) is 9.78 Å². The van der Waals surface area contributed by atoms with Crippen molar-refractivity contribution in [2.45, 2.75) is 63.6 Å².